The van der Waals surface area contributed by atoms with Crippen LogP contribution in [0.4, 0.5) is 0 Å². The summed E-state index contributed by atoms with van der Waals surface area (Å²) < 4.78 is 1.61. The second-order valence-corrected chi connectivity index (χ2v) is 4.28. The minimum absolute atomic E-state index is 0.276. The van der Waals surface area contributed by atoms with Crippen molar-refractivity contribution in [3.8, 4) is 0 Å². The van der Waals surface area contributed by atoms with Crippen LogP contribution in [-0.4, -0.2) is 27.1 Å². The summed E-state index contributed by atoms with van der Waals surface area (Å²) >= 11 is 0. The molecule has 0 bridgehead atoms. The van der Waals surface area contributed by atoms with E-state index in [2.05, 4.69) is 20.5 Å². The minimum Gasteiger partial charge on any atom is -0.383 e. The van der Waals surface area contributed by atoms with Gasteiger partial charge in [-0.3, -0.25) is 4.79 Å². The number of amidine groups is 2. The molecule has 1 aliphatic heterocycles. The molecule has 0 radical (unpaired) electrons. The average Bonchev–Trinajstić information content (AvgIpc) is 3.01. The third kappa shape index (κ3) is 1.95. The van der Waals surface area contributed by atoms with E-state index in [1.807, 2.05) is 24.3 Å². The van der Waals surface area contributed by atoms with Crippen molar-refractivity contribution in [3.63, 3.8) is 0 Å². The second kappa shape index (κ2) is 4.61. The van der Waals surface area contributed by atoms with Crippen LogP contribution in [0.15, 0.2) is 46.8 Å². The highest BCUT2D eigenvalue weighted by Crippen LogP contribution is 2.16. The van der Waals surface area contributed by atoms with Gasteiger partial charge in [0.25, 0.3) is 0 Å². The quantitative estimate of drug-likeness (QED) is 0.763. The molecule has 0 unspecified atom stereocenters. The molecule has 2 aromatic rings. The number of carbonyl (C=O) groups is 1. The van der Waals surface area contributed by atoms with E-state index in [0.29, 0.717) is 11.7 Å². The van der Waals surface area contributed by atoms with Gasteiger partial charge in [0.2, 0.25) is 5.82 Å². The largest absolute Gasteiger partial charge is 0.383 e. The Bertz CT molecular complexity index is 743. The number of nitrogens with two attached hydrogens (primary N) is 1. The topological polar surface area (TPSA) is 97.7 Å². The molecule has 100 valence electrons. The van der Waals surface area contributed by atoms with Gasteiger partial charge >= 0.3 is 5.91 Å². The zero-order chi connectivity index (χ0) is 14.1. The lowest BCUT2D eigenvalue weighted by molar-refractivity contribution is 0.0941. The maximum atomic E-state index is 11.9. The summed E-state index contributed by atoms with van der Waals surface area (Å²) in [5.41, 5.74) is 9.85. The van der Waals surface area contributed by atoms with E-state index >= 15 is 0 Å². The molecular formula is C13H12N6O. The number of imidazole rings is 1. The minimum atomic E-state index is -0.400. The molecule has 0 atom stereocenters. The monoisotopic (exact) mass is 268 g/mol. The van der Waals surface area contributed by atoms with Crippen LogP contribution >= 0.6 is 0 Å². The van der Waals surface area contributed by atoms with Crippen LogP contribution in [0.3, 0.4) is 0 Å². The molecule has 0 aliphatic carbocycles. The van der Waals surface area contributed by atoms with Crippen molar-refractivity contribution in [2.24, 2.45) is 22.9 Å². The second-order valence-electron chi connectivity index (χ2n) is 4.28. The van der Waals surface area contributed by atoms with Crippen LogP contribution in [-0.2, 0) is 7.05 Å². The molecule has 7 heteroatoms. The molecule has 7 nitrogen and oxygen atoms in total. The van der Waals surface area contributed by atoms with E-state index in [9.17, 15) is 4.79 Å². The highest BCUT2D eigenvalue weighted by molar-refractivity contribution is 6.21. The number of aromatic nitrogens is 2. The molecule has 0 spiro atoms. The fourth-order valence-corrected chi connectivity index (χ4v) is 1.96. The molecular weight excluding hydrogens is 256 g/mol. The van der Waals surface area contributed by atoms with Gasteiger partial charge in [-0.2, -0.15) is 5.10 Å². The Balaban J connectivity index is 1.85. The first kappa shape index (κ1) is 12.1. The van der Waals surface area contributed by atoms with E-state index in [1.54, 1.807) is 24.0 Å². The van der Waals surface area contributed by atoms with Gasteiger partial charge in [0.1, 0.15) is 5.84 Å². The van der Waals surface area contributed by atoms with Gasteiger partial charge in [0.05, 0.1) is 0 Å². The van der Waals surface area contributed by atoms with E-state index in [4.69, 9.17) is 5.73 Å². The molecule has 0 saturated heterocycles. The molecule has 1 aliphatic rings. The number of amides is 1. The Labute approximate surface area is 114 Å². The summed E-state index contributed by atoms with van der Waals surface area (Å²) in [4.78, 5) is 20.0. The molecule has 0 saturated carbocycles. The number of hydrogen-bond acceptors (Lipinski definition) is 4. The number of fused-ring (bicyclic) bond motifs is 1. The maximum Gasteiger partial charge on any atom is 0.307 e. The van der Waals surface area contributed by atoms with Crippen LogP contribution in [0.2, 0.25) is 0 Å². The van der Waals surface area contributed by atoms with Crippen LogP contribution < -0.4 is 11.2 Å². The van der Waals surface area contributed by atoms with Gasteiger partial charge in [-0.25, -0.2) is 15.4 Å². The first-order valence-electron chi connectivity index (χ1n) is 5.96. The Morgan fingerprint density at radius 2 is 2.10 bits per heavy atom. The Kier molecular flexibility index (Phi) is 2.79. The number of rotatable bonds is 2. The lowest BCUT2D eigenvalue weighted by Gasteiger charge is -2.01. The smallest absolute Gasteiger partial charge is 0.307 e. The Morgan fingerprint density at radius 3 is 2.80 bits per heavy atom. The van der Waals surface area contributed by atoms with Crippen molar-refractivity contribution in [3.05, 3.63) is 53.6 Å². The Morgan fingerprint density at radius 1 is 1.35 bits per heavy atom. The average molecular weight is 268 g/mol. The summed E-state index contributed by atoms with van der Waals surface area (Å²) in [6.45, 7) is 0. The number of benzene rings is 1. The molecule has 1 aromatic carbocycles. The molecule has 20 heavy (non-hydrogen) atoms. The summed E-state index contributed by atoms with van der Waals surface area (Å²) in [7, 11) is 1.73. The van der Waals surface area contributed by atoms with E-state index in [-0.39, 0.29) is 5.82 Å². The fraction of sp³-hybridized carbons (Fsp3) is 0.0769. The van der Waals surface area contributed by atoms with Crippen molar-refractivity contribution < 1.29 is 4.79 Å². The number of hydrogen-bond donors (Lipinski definition) is 2. The first-order valence-corrected chi connectivity index (χ1v) is 5.96. The van der Waals surface area contributed by atoms with Crippen LogP contribution in [0.25, 0.3) is 0 Å². The summed E-state index contributed by atoms with van der Waals surface area (Å²) in [6, 6.07) is 7.45. The van der Waals surface area contributed by atoms with Gasteiger partial charge in [0.15, 0.2) is 5.84 Å². The maximum absolute atomic E-state index is 11.9. The number of hydrazone groups is 1. The standard InChI is InChI=1S/C13H12N6O/c1-19-7-6-15-12(19)13(20)18-17-11-9-5-3-2-4-8(9)10(14)16-11/h2-7H,1H3,(H,18,20)(H2,14,16,17). The van der Waals surface area contributed by atoms with Gasteiger partial charge in [0, 0.05) is 30.6 Å². The van der Waals surface area contributed by atoms with Crippen LogP contribution in [0, 0.1) is 0 Å². The van der Waals surface area contributed by atoms with Crippen molar-refractivity contribution in [1.29, 1.82) is 0 Å². The van der Waals surface area contributed by atoms with Gasteiger partial charge < -0.3 is 10.3 Å². The van der Waals surface area contributed by atoms with Gasteiger partial charge in [-0.15, -0.1) is 0 Å². The molecule has 1 amide bonds. The first-order chi connectivity index (χ1) is 9.66. The highest BCUT2D eigenvalue weighted by Gasteiger charge is 2.19. The van der Waals surface area contributed by atoms with Gasteiger partial charge in [-0.1, -0.05) is 24.3 Å². The van der Waals surface area contributed by atoms with E-state index in [0.717, 1.165) is 11.1 Å². The third-order valence-corrected chi connectivity index (χ3v) is 2.96. The number of nitrogens with zero attached hydrogens (tertiary/aromatic N) is 4. The fourth-order valence-electron chi connectivity index (χ4n) is 1.96. The van der Waals surface area contributed by atoms with Crippen LogP contribution in [0.1, 0.15) is 21.7 Å². The zero-order valence-corrected chi connectivity index (χ0v) is 10.7. The molecule has 3 rings (SSSR count). The van der Waals surface area contributed by atoms with E-state index < -0.39 is 5.91 Å². The van der Waals surface area contributed by atoms with Crippen molar-refractivity contribution in [2.45, 2.75) is 0 Å². The zero-order valence-electron chi connectivity index (χ0n) is 10.7. The molecule has 2 heterocycles. The molecule has 1 aromatic heterocycles. The predicted molar refractivity (Wildman–Crippen MR) is 74.4 cm³/mol. The molecule has 0 fully saturated rings. The number of aliphatic imine (C=N–C) groups is 1. The van der Waals surface area contributed by atoms with Gasteiger partial charge in [-0.05, 0) is 0 Å². The number of carbonyl (C=O) groups excluding carboxylic acids is 1. The van der Waals surface area contributed by atoms with Crippen LogP contribution in [0.5, 0.6) is 0 Å². The van der Waals surface area contributed by atoms with Crippen molar-refractivity contribution >= 4 is 17.6 Å². The lowest BCUT2D eigenvalue weighted by atomic mass is 10.1. The summed E-state index contributed by atoms with van der Waals surface area (Å²) in [5.74, 6) is 0.659. The van der Waals surface area contributed by atoms with Crippen molar-refractivity contribution in [2.75, 3.05) is 0 Å². The molecule has 3 N–H and O–H groups in total. The number of aryl methyl sites for hydroxylation is 1. The summed E-state index contributed by atoms with van der Waals surface area (Å²) in [5, 5.41) is 4.01. The lowest BCUT2D eigenvalue weighted by Crippen LogP contribution is -2.22. The number of nitrogens with one attached hydrogen (secondary N) is 1. The summed E-state index contributed by atoms with van der Waals surface area (Å²) in [6.07, 6.45) is 3.23. The van der Waals surface area contributed by atoms with Crippen molar-refractivity contribution in [1.82, 2.24) is 15.0 Å². The normalized spacial score (nSPS) is 15.1. The Hall–Kier alpha value is -2.96. The predicted octanol–water partition coefficient (Wildman–Crippen LogP) is 0.231. The SMILES string of the molecule is Cn1ccnc1C(=O)N/N=C1\N=C(N)c2ccccc21. The highest BCUT2D eigenvalue weighted by atomic mass is 16.2. The van der Waals surface area contributed by atoms with E-state index in [1.165, 1.54) is 0 Å². The third-order valence-electron chi connectivity index (χ3n) is 2.96.